The topological polar surface area (TPSA) is 85.0 Å². The number of carbonyl (C=O) groups excluding carboxylic acids is 2. The molecule has 0 aromatic heterocycles. The highest BCUT2D eigenvalue weighted by atomic mass is 16.5. The van der Waals surface area contributed by atoms with Crippen LogP contribution >= 0.6 is 0 Å². The zero-order chi connectivity index (χ0) is 15.6. The zero-order valence-electron chi connectivity index (χ0n) is 12.4. The molecule has 0 saturated carbocycles. The molecule has 6 nitrogen and oxygen atoms in total. The van der Waals surface area contributed by atoms with Crippen LogP contribution in [0.3, 0.4) is 0 Å². The van der Waals surface area contributed by atoms with E-state index in [9.17, 15) is 9.59 Å². The molecule has 6 heteroatoms. The Balaban J connectivity index is 2.49. The summed E-state index contributed by atoms with van der Waals surface area (Å²) in [6.07, 6.45) is 0.134. The molecule has 0 aliphatic carbocycles. The van der Waals surface area contributed by atoms with Crippen LogP contribution in [0.15, 0.2) is 29.4 Å². The molecular formula is C15H19N3O3. The number of amides is 1. The molecule has 112 valence electrons. The first-order chi connectivity index (χ1) is 9.93. The third-order valence-corrected chi connectivity index (χ3v) is 3.62. The highest BCUT2D eigenvalue weighted by Crippen LogP contribution is 2.34. The predicted octanol–water partition coefficient (Wildman–Crippen LogP) is 1.37. The highest BCUT2D eigenvalue weighted by Gasteiger charge is 2.53. The summed E-state index contributed by atoms with van der Waals surface area (Å²) in [5, 5.41) is 3.52. The molecule has 1 atom stereocenters. The minimum Gasteiger partial charge on any atom is -0.464 e. The summed E-state index contributed by atoms with van der Waals surface area (Å²) in [4.78, 5) is 26.2. The van der Waals surface area contributed by atoms with Crippen molar-refractivity contribution in [1.82, 2.24) is 0 Å². The third kappa shape index (κ3) is 2.49. The van der Waals surface area contributed by atoms with Gasteiger partial charge in [-0.2, -0.15) is 5.10 Å². The van der Waals surface area contributed by atoms with Gasteiger partial charge in [-0.25, -0.2) is 4.79 Å². The van der Waals surface area contributed by atoms with Crippen molar-refractivity contribution >= 4 is 23.3 Å². The number of benzene rings is 1. The van der Waals surface area contributed by atoms with E-state index in [0.29, 0.717) is 5.69 Å². The first kappa shape index (κ1) is 15.0. The zero-order valence-corrected chi connectivity index (χ0v) is 12.4. The number of esters is 1. The maximum atomic E-state index is 12.5. The molecular weight excluding hydrogens is 270 g/mol. The van der Waals surface area contributed by atoms with Gasteiger partial charge in [-0.15, -0.1) is 0 Å². The van der Waals surface area contributed by atoms with Crippen LogP contribution in [-0.4, -0.2) is 29.7 Å². The number of hydrogen-bond acceptors (Lipinski definition) is 5. The Hall–Kier alpha value is -2.37. The van der Waals surface area contributed by atoms with Gasteiger partial charge in [0.05, 0.1) is 6.61 Å². The molecule has 2 N–H and O–H groups in total. The van der Waals surface area contributed by atoms with Gasteiger partial charge in [0.25, 0.3) is 5.91 Å². The van der Waals surface area contributed by atoms with Gasteiger partial charge in [0.1, 0.15) is 11.3 Å². The summed E-state index contributed by atoms with van der Waals surface area (Å²) in [5.74, 6) is 4.45. The van der Waals surface area contributed by atoms with Crippen LogP contribution in [0.1, 0.15) is 25.8 Å². The Morgan fingerprint density at radius 1 is 1.43 bits per heavy atom. The Morgan fingerprint density at radius 2 is 2.05 bits per heavy atom. The van der Waals surface area contributed by atoms with E-state index in [0.717, 1.165) is 5.56 Å². The molecule has 1 unspecified atom stereocenters. The van der Waals surface area contributed by atoms with Crippen LogP contribution < -0.4 is 10.7 Å². The Kier molecular flexibility index (Phi) is 3.97. The van der Waals surface area contributed by atoms with Crippen LogP contribution in [0.5, 0.6) is 0 Å². The average molecular weight is 289 g/mol. The molecule has 1 fully saturated rings. The van der Waals surface area contributed by atoms with E-state index in [2.05, 4.69) is 5.10 Å². The maximum absolute atomic E-state index is 12.5. The van der Waals surface area contributed by atoms with Gasteiger partial charge in [-0.1, -0.05) is 17.7 Å². The molecule has 1 saturated heterocycles. The number of aryl methyl sites for hydroxylation is 1. The van der Waals surface area contributed by atoms with Crippen molar-refractivity contribution < 1.29 is 14.3 Å². The number of ether oxygens (including phenoxy) is 1. The van der Waals surface area contributed by atoms with E-state index >= 15 is 0 Å². The standard InChI is InChI=1S/C15H19N3O3/c1-4-21-14(20)15(3)9-12(17-16)13(19)18(15)11-7-5-10(2)6-8-11/h5-8H,4,9,16H2,1-3H3/b17-12+. The minimum absolute atomic E-state index is 0.134. The molecule has 2 rings (SSSR count). The van der Waals surface area contributed by atoms with Gasteiger partial charge in [-0.05, 0) is 32.9 Å². The van der Waals surface area contributed by atoms with Crippen LogP contribution in [0, 0.1) is 6.92 Å². The average Bonchev–Trinajstić information content (AvgIpc) is 2.73. The molecule has 21 heavy (non-hydrogen) atoms. The van der Waals surface area contributed by atoms with Crippen LogP contribution in [0.4, 0.5) is 5.69 Å². The summed E-state index contributed by atoms with van der Waals surface area (Å²) in [7, 11) is 0. The SMILES string of the molecule is CCOC(=O)C1(C)C/C(=N\N)C(=O)N1c1ccc(C)cc1. The summed E-state index contributed by atoms with van der Waals surface area (Å²) in [5.41, 5.74) is 0.738. The molecule has 1 aliphatic rings. The second kappa shape index (κ2) is 5.55. The van der Waals surface area contributed by atoms with Gasteiger partial charge in [0.15, 0.2) is 0 Å². The second-order valence-electron chi connectivity index (χ2n) is 5.22. The molecule has 1 aromatic rings. The molecule has 0 bridgehead atoms. The number of rotatable bonds is 3. The Morgan fingerprint density at radius 3 is 2.57 bits per heavy atom. The van der Waals surface area contributed by atoms with Gasteiger partial charge < -0.3 is 10.6 Å². The van der Waals surface area contributed by atoms with Gasteiger partial charge >= 0.3 is 5.97 Å². The summed E-state index contributed by atoms with van der Waals surface area (Å²) in [6, 6.07) is 7.35. The van der Waals surface area contributed by atoms with E-state index in [1.54, 1.807) is 26.0 Å². The fourth-order valence-corrected chi connectivity index (χ4v) is 2.48. The second-order valence-corrected chi connectivity index (χ2v) is 5.22. The van der Waals surface area contributed by atoms with Crippen molar-refractivity contribution in [2.24, 2.45) is 10.9 Å². The molecule has 0 radical (unpaired) electrons. The smallest absolute Gasteiger partial charge is 0.332 e. The van der Waals surface area contributed by atoms with Gasteiger partial charge in [0, 0.05) is 12.1 Å². The molecule has 1 aromatic carbocycles. The van der Waals surface area contributed by atoms with E-state index < -0.39 is 11.5 Å². The van der Waals surface area contributed by atoms with Crippen molar-refractivity contribution in [2.45, 2.75) is 32.7 Å². The predicted molar refractivity (Wildman–Crippen MR) is 79.9 cm³/mol. The summed E-state index contributed by atoms with van der Waals surface area (Å²) < 4.78 is 5.12. The quantitative estimate of drug-likeness (QED) is 0.517. The van der Waals surface area contributed by atoms with Crippen LogP contribution in [0.25, 0.3) is 0 Å². The van der Waals surface area contributed by atoms with Crippen molar-refractivity contribution in [1.29, 1.82) is 0 Å². The van der Waals surface area contributed by atoms with Crippen LogP contribution in [0.2, 0.25) is 0 Å². The Labute approximate surface area is 123 Å². The van der Waals surface area contributed by atoms with E-state index in [1.807, 2.05) is 19.1 Å². The van der Waals surface area contributed by atoms with Crippen LogP contribution in [-0.2, 0) is 14.3 Å². The fraction of sp³-hybridized carbons (Fsp3) is 0.400. The number of nitrogens with zero attached hydrogens (tertiary/aromatic N) is 2. The first-order valence-corrected chi connectivity index (χ1v) is 6.79. The number of nitrogens with two attached hydrogens (primary N) is 1. The lowest BCUT2D eigenvalue weighted by Crippen LogP contribution is -2.50. The third-order valence-electron chi connectivity index (χ3n) is 3.62. The van der Waals surface area contributed by atoms with Crippen molar-refractivity contribution in [3.63, 3.8) is 0 Å². The number of anilines is 1. The highest BCUT2D eigenvalue weighted by molar-refractivity contribution is 6.48. The maximum Gasteiger partial charge on any atom is 0.332 e. The number of hydrogen-bond donors (Lipinski definition) is 1. The van der Waals surface area contributed by atoms with E-state index in [4.69, 9.17) is 10.6 Å². The monoisotopic (exact) mass is 289 g/mol. The largest absolute Gasteiger partial charge is 0.464 e. The molecule has 1 heterocycles. The van der Waals surface area contributed by atoms with E-state index in [-0.39, 0.29) is 24.6 Å². The molecule has 0 spiro atoms. The lowest BCUT2D eigenvalue weighted by Gasteiger charge is -2.32. The fourth-order valence-electron chi connectivity index (χ4n) is 2.48. The molecule has 1 amide bonds. The van der Waals surface area contributed by atoms with Crippen molar-refractivity contribution in [3.8, 4) is 0 Å². The van der Waals surface area contributed by atoms with Gasteiger partial charge in [0.2, 0.25) is 0 Å². The lowest BCUT2D eigenvalue weighted by atomic mass is 9.98. The minimum atomic E-state index is -1.12. The molecule has 1 aliphatic heterocycles. The first-order valence-electron chi connectivity index (χ1n) is 6.79. The van der Waals surface area contributed by atoms with Crippen molar-refractivity contribution in [2.75, 3.05) is 11.5 Å². The van der Waals surface area contributed by atoms with Crippen molar-refractivity contribution in [3.05, 3.63) is 29.8 Å². The summed E-state index contributed by atoms with van der Waals surface area (Å²) >= 11 is 0. The Bertz CT molecular complexity index is 595. The van der Waals surface area contributed by atoms with Gasteiger partial charge in [-0.3, -0.25) is 9.69 Å². The normalized spacial score (nSPS) is 23.7. The number of carbonyl (C=O) groups is 2. The summed E-state index contributed by atoms with van der Waals surface area (Å²) in [6.45, 7) is 5.60. The lowest BCUT2D eigenvalue weighted by molar-refractivity contribution is -0.149. The number of hydrazone groups is 1. The van der Waals surface area contributed by atoms with E-state index in [1.165, 1.54) is 4.90 Å².